The lowest BCUT2D eigenvalue weighted by molar-refractivity contribution is -0.256. The molecule has 0 bridgehead atoms. The van der Waals surface area contributed by atoms with Crippen molar-refractivity contribution in [1.29, 1.82) is 0 Å². The van der Waals surface area contributed by atoms with Gasteiger partial charge >= 0.3 is 0 Å². The Kier molecular flexibility index (Phi) is 5.58. The molecule has 0 aliphatic carbocycles. The van der Waals surface area contributed by atoms with Gasteiger partial charge in [-0.05, 0) is 25.5 Å². The van der Waals surface area contributed by atoms with Crippen molar-refractivity contribution in [3.05, 3.63) is 33.8 Å². The molecule has 1 fully saturated rings. The Morgan fingerprint density at radius 3 is 2.81 bits per heavy atom. The average Bonchev–Trinajstić information content (AvgIpc) is 2.41. The minimum Gasteiger partial charge on any atom is -0.350 e. The van der Waals surface area contributed by atoms with E-state index >= 15 is 0 Å². The second-order valence-corrected chi connectivity index (χ2v) is 5.66. The fourth-order valence-corrected chi connectivity index (χ4v) is 2.35. The molecule has 5 nitrogen and oxygen atoms in total. The van der Waals surface area contributed by atoms with Crippen LogP contribution < -0.4 is 5.43 Å². The van der Waals surface area contributed by atoms with Crippen molar-refractivity contribution in [3.63, 3.8) is 0 Å². The minimum absolute atomic E-state index is 0.0820. The Morgan fingerprint density at radius 2 is 2.14 bits per heavy atom. The van der Waals surface area contributed by atoms with E-state index in [1.807, 2.05) is 0 Å². The van der Waals surface area contributed by atoms with E-state index in [2.05, 4.69) is 10.5 Å². The summed E-state index contributed by atoms with van der Waals surface area (Å²) in [6, 6.07) is 5.02. The molecule has 114 valence electrons. The van der Waals surface area contributed by atoms with Crippen molar-refractivity contribution in [2.75, 3.05) is 13.2 Å². The van der Waals surface area contributed by atoms with Gasteiger partial charge in [-0.25, -0.2) is 5.43 Å². The van der Waals surface area contributed by atoms with Crippen LogP contribution in [0, 0.1) is 0 Å². The highest BCUT2D eigenvalue weighted by Crippen LogP contribution is 2.22. The van der Waals surface area contributed by atoms with Crippen molar-refractivity contribution >= 4 is 35.3 Å². The summed E-state index contributed by atoms with van der Waals surface area (Å²) >= 11 is 11.8. The number of hydrazone groups is 1. The van der Waals surface area contributed by atoms with Gasteiger partial charge in [0.15, 0.2) is 5.79 Å². The van der Waals surface area contributed by atoms with E-state index in [1.54, 1.807) is 25.1 Å². The van der Waals surface area contributed by atoms with Crippen molar-refractivity contribution in [3.8, 4) is 0 Å². The first-order chi connectivity index (χ1) is 9.98. The zero-order valence-corrected chi connectivity index (χ0v) is 13.1. The van der Waals surface area contributed by atoms with Crippen LogP contribution in [-0.4, -0.2) is 31.1 Å². The lowest BCUT2D eigenvalue weighted by atomic mass is 10.2. The highest BCUT2D eigenvalue weighted by atomic mass is 35.5. The SMILES string of the molecule is CC1(CC(=O)N/N=C\c2ccc(Cl)cc2Cl)OCCCO1. The molecule has 1 aromatic rings. The smallest absolute Gasteiger partial charge is 0.245 e. The first kappa shape index (κ1) is 16.2. The molecule has 0 radical (unpaired) electrons. The van der Waals surface area contributed by atoms with Crippen molar-refractivity contribution in [2.24, 2.45) is 5.10 Å². The zero-order valence-electron chi connectivity index (χ0n) is 11.6. The van der Waals surface area contributed by atoms with Crippen LogP contribution in [0.25, 0.3) is 0 Å². The Hall–Kier alpha value is -1.14. The summed E-state index contributed by atoms with van der Waals surface area (Å²) in [5, 5.41) is 4.87. The highest BCUT2D eigenvalue weighted by molar-refractivity contribution is 6.36. The van der Waals surface area contributed by atoms with Crippen LogP contribution in [-0.2, 0) is 14.3 Å². The molecular weight excluding hydrogens is 315 g/mol. The average molecular weight is 331 g/mol. The molecule has 2 rings (SSSR count). The van der Waals surface area contributed by atoms with Crippen molar-refractivity contribution < 1.29 is 14.3 Å². The van der Waals surface area contributed by atoms with Gasteiger partial charge < -0.3 is 9.47 Å². The van der Waals surface area contributed by atoms with Gasteiger partial charge in [-0.3, -0.25) is 4.79 Å². The molecule has 1 heterocycles. The van der Waals surface area contributed by atoms with Crippen molar-refractivity contribution in [1.82, 2.24) is 5.43 Å². The van der Waals surface area contributed by atoms with Crippen molar-refractivity contribution in [2.45, 2.75) is 25.6 Å². The topological polar surface area (TPSA) is 59.9 Å². The molecule has 1 aliphatic heterocycles. The molecule has 0 aromatic heterocycles. The van der Waals surface area contributed by atoms with E-state index in [1.165, 1.54) is 6.21 Å². The molecular formula is C14H16Cl2N2O3. The van der Waals surface area contributed by atoms with Gasteiger partial charge in [-0.1, -0.05) is 29.3 Å². The van der Waals surface area contributed by atoms with Gasteiger partial charge in [0.2, 0.25) is 5.91 Å². The lowest BCUT2D eigenvalue weighted by Gasteiger charge is -2.33. The first-order valence-corrected chi connectivity index (χ1v) is 7.29. The third kappa shape index (κ3) is 4.97. The molecule has 1 aliphatic rings. The summed E-state index contributed by atoms with van der Waals surface area (Å²) < 4.78 is 10.9. The second-order valence-electron chi connectivity index (χ2n) is 4.82. The molecule has 0 unspecified atom stereocenters. The van der Waals surface area contributed by atoms with Gasteiger partial charge in [0.1, 0.15) is 0 Å². The second kappa shape index (κ2) is 7.22. The molecule has 1 N–H and O–H groups in total. The molecule has 0 spiro atoms. The molecule has 1 aromatic carbocycles. The molecule has 21 heavy (non-hydrogen) atoms. The van der Waals surface area contributed by atoms with Gasteiger partial charge in [0, 0.05) is 10.6 Å². The van der Waals surface area contributed by atoms with Gasteiger partial charge in [-0.15, -0.1) is 0 Å². The Balaban J connectivity index is 1.87. The number of benzene rings is 1. The van der Waals surface area contributed by atoms with E-state index in [4.69, 9.17) is 32.7 Å². The summed E-state index contributed by atoms with van der Waals surface area (Å²) in [6.07, 6.45) is 2.38. The normalized spacial score (nSPS) is 17.9. The predicted octanol–water partition coefficient (Wildman–Crippen LogP) is 2.99. The van der Waals surface area contributed by atoms with Gasteiger partial charge in [0.25, 0.3) is 0 Å². The van der Waals surface area contributed by atoms with Crippen LogP contribution in [0.4, 0.5) is 0 Å². The monoisotopic (exact) mass is 330 g/mol. The van der Waals surface area contributed by atoms with E-state index in [0.717, 1.165) is 6.42 Å². The van der Waals surface area contributed by atoms with Crippen LogP contribution in [0.1, 0.15) is 25.3 Å². The lowest BCUT2D eigenvalue weighted by Crippen LogP contribution is -2.41. The number of carbonyl (C=O) groups excluding carboxylic acids is 1. The molecule has 7 heteroatoms. The Morgan fingerprint density at radius 1 is 1.43 bits per heavy atom. The number of hydrogen-bond donors (Lipinski definition) is 1. The highest BCUT2D eigenvalue weighted by Gasteiger charge is 2.31. The van der Waals surface area contributed by atoms with E-state index in [-0.39, 0.29) is 12.3 Å². The maximum atomic E-state index is 11.8. The first-order valence-electron chi connectivity index (χ1n) is 6.53. The maximum absolute atomic E-state index is 11.8. The van der Waals surface area contributed by atoms with Crippen LogP contribution in [0.3, 0.4) is 0 Å². The largest absolute Gasteiger partial charge is 0.350 e. The zero-order chi connectivity index (χ0) is 15.3. The minimum atomic E-state index is -0.879. The summed E-state index contributed by atoms with van der Waals surface area (Å²) in [6.45, 7) is 2.92. The number of hydrogen-bond acceptors (Lipinski definition) is 4. The van der Waals surface area contributed by atoms with Crippen LogP contribution in [0.5, 0.6) is 0 Å². The summed E-state index contributed by atoms with van der Waals surface area (Å²) in [4.78, 5) is 11.8. The van der Waals surface area contributed by atoms with Crippen LogP contribution in [0.2, 0.25) is 10.0 Å². The Labute approximate surface area is 133 Å². The predicted molar refractivity (Wildman–Crippen MR) is 81.7 cm³/mol. The van der Waals surface area contributed by atoms with E-state index < -0.39 is 5.79 Å². The number of rotatable bonds is 4. The summed E-state index contributed by atoms with van der Waals surface area (Å²) in [5.74, 6) is -1.17. The molecule has 1 amide bonds. The number of amides is 1. The number of nitrogens with zero attached hydrogens (tertiary/aromatic N) is 1. The van der Waals surface area contributed by atoms with E-state index in [9.17, 15) is 4.79 Å². The maximum Gasteiger partial charge on any atom is 0.245 e. The fraction of sp³-hybridized carbons (Fsp3) is 0.429. The van der Waals surface area contributed by atoms with E-state index in [0.29, 0.717) is 28.8 Å². The van der Waals surface area contributed by atoms with Crippen LogP contribution >= 0.6 is 23.2 Å². The number of nitrogens with one attached hydrogen (secondary N) is 1. The third-order valence-electron chi connectivity index (χ3n) is 2.94. The van der Waals surface area contributed by atoms with Gasteiger partial charge in [-0.2, -0.15) is 5.10 Å². The number of ether oxygens (including phenoxy) is 2. The molecule has 0 saturated carbocycles. The fourth-order valence-electron chi connectivity index (χ4n) is 1.89. The quantitative estimate of drug-likeness (QED) is 0.682. The van der Waals surface area contributed by atoms with Crippen LogP contribution in [0.15, 0.2) is 23.3 Å². The standard InChI is InChI=1S/C14H16Cl2N2O3/c1-14(20-5-2-6-21-14)8-13(19)18-17-9-10-3-4-11(15)7-12(10)16/h3-4,7,9H,2,5-6,8H2,1H3,(H,18,19)/b17-9-. The molecule has 1 saturated heterocycles. The summed E-state index contributed by atoms with van der Waals surface area (Å²) in [5.41, 5.74) is 3.09. The van der Waals surface area contributed by atoms with Gasteiger partial charge in [0.05, 0.1) is 30.9 Å². The third-order valence-corrected chi connectivity index (χ3v) is 3.50. The summed E-state index contributed by atoms with van der Waals surface area (Å²) in [7, 11) is 0. The Bertz CT molecular complexity index is 543. The molecule has 0 atom stereocenters. The number of carbonyl (C=O) groups is 1. The number of halogens is 2.